The van der Waals surface area contributed by atoms with E-state index in [-0.39, 0.29) is 12.0 Å². The SMILES string of the molecule is COc1cccc(CC(=O)NCC2CCCC(O)C2)c1. The fraction of sp³-hybridized carbons (Fsp3) is 0.562. The second-order valence-corrected chi connectivity index (χ2v) is 5.52. The molecule has 2 N–H and O–H groups in total. The van der Waals surface area contributed by atoms with Gasteiger partial charge in [-0.05, 0) is 42.9 Å². The van der Waals surface area contributed by atoms with E-state index in [2.05, 4.69) is 5.32 Å². The molecule has 4 heteroatoms. The first kappa shape index (κ1) is 14.9. The monoisotopic (exact) mass is 277 g/mol. The van der Waals surface area contributed by atoms with Gasteiger partial charge < -0.3 is 15.2 Å². The molecule has 2 rings (SSSR count). The van der Waals surface area contributed by atoms with E-state index in [0.717, 1.165) is 37.0 Å². The third-order valence-corrected chi connectivity index (χ3v) is 3.84. The minimum Gasteiger partial charge on any atom is -0.497 e. The van der Waals surface area contributed by atoms with Crippen LogP contribution in [0.5, 0.6) is 5.75 Å². The number of benzene rings is 1. The Balaban J connectivity index is 1.77. The molecule has 2 unspecified atom stereocenters. The topological polar surface area (TPSA) is 58.6 Å². The van der Waals surface area contributed by atoms with Crippen molar-refractivity contribution in [2.45, 2.75) is 38.2 Å². The van der Waals surface area contributed by atoms with Crippen molar-refractivity contribution in [3.63, 3.8) is 0 Å². The van der Waals surface area contributed by atoms with E-state index in [1.807, 2.05) is 24.3 Å². The van der Waals surface area contributed by atoms with Crippen molar-refractivity contribution >= 4 is 5.91 Å². The highest BCUT2D eigenvalue weighted by atomic mass is 16.5. The zero-order valence-corrected chi connectivity index (χ0v) is 12.0. The highest BCUT2D eigenvalue weighted by Crippen LogP contribution is 2.23. The van der Waals surface area contributed by atoms with Crippen LogP contribution in [-0.2, 0) is 11.2 Å². The van der Waals surface area contributed by atoms with Gasteiger partial charge in [0.2, 0.25) is 5.91 Å². The van der Waals surface area contributed by atoms with E-state index in [0.29, 0.717) is 18.9 Å². The largest absolute Gasteiger partial charge is 0.497 e. The van der Waals surface area contributed by atoms with Gasteiger partial charge in [-0.3, -0.25) is 4.79 Å². The number of methoxy groups -OCH3 is 1. The summed E-state index contributed by atoms with van der Waals surface area (Å²) in [5.41, 5.74) is 0.950. The van der Waals surface area contributed by atoms with Gasteiger partial charge >= 0.3 is 0 Å². The lowest BCUT2D eigenvalue weighted by atomic mass is 9.87. The van der Waals surface area contributed by atoms with Crippen LogP contribution in [0.3, 0.4) is 0 Å². The van der Waals surface area contributed by atoms with Gasteiger partial charge in [-0.15, -0.1) is 0 Å². The minimum absolute atomic E-state index is 0.0262. The first-order valence-electron chi connectivity index (χ1n) is 7.25. The number of ether oxygens (including phenoxy) is 1. The fourth-order valence-electron chi connectivity index (χ4n) is 2.74. The molecule has 0 spiro atoms. The molecule has 2 atom stereocenters. The number of carbonyl (C=O) groups excluding carboxylic acids is 1. The number of carbonyl (C=O) groups is 1. The minimum atomic E-state index is -0.191. The normalized spacial score (nSPS) is 22.3. The van der Waals surface area contributed by atoms with Crippen molar-refractivity contribution in [1.29, 1.82) is 0 Å². The fourth-order valence-corrected chi connectivity index (χ4v) is 2.74. The van der Waals surface area contributed by atoms with Crippen LogP contribution in [0.1, 0.15) is 31.2 Å². The standard InChI is InChI=1S/C16H23NO3/c1-20-15-7-3-4-12(9-15)10-16(19)17-11-13-5-2-6-14(18)8-13/h3-4,7,9,13-14,18H,2,5-6,8,10-11H2,1H3,(H,17,19). The second kappa shape index (κ2) is 7.29. The average Bonchev–Trinajstić information content (AvgIpc) is 2.45. The van der Waals surface area contributed by atoms with Gasteiger partial charge in [0, 0.05) is 6.54 Å². The molecule has 20 heavy (non-hydrogen) atoms. The molecule has 1 aromatic rings. The Morgan fingerprint density at radius 2 is 2.30 bits per heavy atom. The second-order valence-electron chi connectivity index (χ2n) is 5.52. The summed E-state index contributed by atoms with van der Waals surface area (Å²) >= 11 is 0. The molecular formula is C16H23NO3. The van der Waals surface area contributed by atoms with E-state index in [4.69, 9.17) is 4.74 Å². The van der Waals surface area contributed by atoms with E-state index in [9.17, 15) is 9.90 Å². The summed E-state index contributed by atoms with van der Waals surface area (Å²) < 4.78 is 5.14. The molecule has 1 aromatic carbocycles. The summed E-state index contributed by atoms with van der Waals surface area (Å²) in [6.45, 7) is 0.667. The van der Waals surface area contributed by atoms with Crippen molar-refractivity contribution in [2.75, 3.05) is 13.7 Å². The van der Waals surface area contributed by atoms with Crippen LogP contribution in [0, 0.1) is 5.92 Å². The quantitative estimate of drug-likeness (QED) is 0.864. The van der Waals surface area contributed by atoms with Crippen molar-refractivity contribution in [2.24, 2.45) is 5.92 Å². The lowest BCUT2D eigenvalue weighted by molar-refractivity contribution is -0.120. The van der Waals surface area contributed by atoms with Gasteiger partial charge in [0.1, 0.15) is 5.75 Å². The first-order valence-corrected chi connectivity index (χ1v) is 7.25. The van der Waals surface area contributed by atoms with Crippen molar-refractivity contribution in [3.8, 4) is 5.75 Å². The third-order valence-electron chi connectivity index (χ3n) is 3.84. The molecule has 0 aliphatic heterocycles. The van der Waals surface area contributed by atoms with Crippen LogP contribution >= 0.6 is 0 Å². The van der Waals surface area contributed by atoms with Crippen LogP contribution in [0.4, 0.5) is 0 Å². The van der Waals surface area contributed by atoms with Crippen molar-refractivity contribution in [1.82, 2.24) is 5.32 Å². The van der Waals surface area contributed by atoms with Crippen LogP contribution in [0.15, 0.2) is 24.3 Å². The maximum Gasteiger partial charge on any atom is 0.224 e. The molecule has 1 aliphatic carbocycles. The number of amides is 1. The Hall–Kier alpha value is -1.55. The van der Waals surface area contributed by atoms with Crippen molar-refractivity contribution in [3.05, 3.63) is 29.8 Å². The maximum absolute atomic E-state index is 11.9. The van der Waals surface area contributed by atoms with Crippen LogP contribution in [0.2, 0.25) is 0 Å². The van der Waals surface area contributed by atoms with E-state index in [1.54, 1.807) is 7.11 Å². The number of hydrogen-bond acceptors (Lipinski definition) is 3. The Morgan fingerprint density at radius 1 is 1.45 bits per heavy atom. The third kappa shape index (κ3) is 4.53. The summed E-state index contributed by atoms with van der Waals surface area (Å²) in [6.07, 6.45) is 4.03. The van der Waals surface area contributed by atoms with Crippen molar-refractivity contribution < 1.29 is 14.6 Å². The molecular weight excluding hydrogens is 254 g/mol. The highest BCUT2D eigenvalue weighted by Gasteiger charge is 2.20. The average molecular weight is 277 g/mol. The van der Waals surface area contributed by atoms with Gasteiger partial charge in [0.25, 0.3) is 0 Å². The molecule has 0 radical (unpaired) electrons. The molecule has 1 fully saturated rings. The number of aliphatic hydroxyl groups excluding tert-OH is 1. The van der Waals surface area contributed by atoms with Gasteiger partial charge in [-0.25, -0.2) is 0 Å². The molecule has 1 amide bonds. The lowest BCUT2D eigenvalue weighted by Gasteiger charge is -2.25. The molecule has 0 saturated heterocycles. The summed E-state index contributed by atoms with van der Waals surface area (Å²) in [6, 6.07) is 7.56. The molecule has 1 aliphatic rings. The smallest absolute Gasteiger partial charge is 0.224 e. The Labute approximate surface area is 120 Å². The lowest BCUT2D eigenvalue weighted by Crippen LogP contribution is -2.33. The number of hydrogen-bond donors (Lipinski definition) is 2. The Kier molecular flexibility index (Phi) is 5.41. The van der Waals surface area contributed by atoms with Gasteiger partial charge in [-0.2, -0.15) is 0 Å². The van der Waals surface area contributed by atoms with E-state index < -0.39 is 0 Å². The van der Waals surface area contributed by atoms with Crippen LogP contribution in [-0.4, -0.2) is 30.8 Å². The van der Waals surface area contributed by atoms with Gasteiger partial charge in [0.15, 0.2) is 0 Å². The number of rotatable bonds is 5. The highest BCUT2D eigenvalue weighted by molar-refractivity contribution is 5.78. The number of aliphatic hydroxyl groups is 1. The molecule has 0 aromatic heterocycles. The summed E-state index contributed by atoms with van der Waals surface area (Å²) in [5, 5.41) is 12.6. The van der Waals surface area contributed by atoms with Crippen LogP contribution < -0.4 is 10.1 Å². The first-order chi connectivity index (χ1) is 9.67. The van der Waals surface area contributed by atoms with E-state index in [1.165, 1.54) is 0 Å². The Bertz CT molecular complexity index is 447. The summed E-state index contributed by atoms with van der Waals surface area (Å²) in [4.78, 5) is 11.9. The zero-order chi connectivity index (χ0) is 14.4. The molecule has 0 heterocycles. The summed E-state index contributed by atoms with van der Waals surface area (Å²) in [7, 11) is 1.62. The maximum atomic E-state index is 11.9. The van der Waals surface area contributed by atoms with Crippen LogP contribution in [0.25, 0.3) is 0 Å². The van der Waals surface area contributed by atoms with Gasteiger partial charge in [-0.1, -0.05) is 18.6 Å². The molecule has 1 saturated carbocycles. The molecule has 0 bridgehead atoms. The Morgan fingerprint density at radius 3 is 3.05 bits per heavy atom. The number of nitrogens with one attached hydrogen (secondary N) is 1. The summed E-state index contributed by atoms with van der Waals surface area (Å²) in [5.74, 6) is 1.21. The predicted molar refractivity (Wildman–Crippen MR) is 77.7 cm³/mol. The zero-order valence-electron chi connectivity index (χ0n) is 12.0. The molecule has 4 nitrogen and oxygen atoms in total. The van der Waals surface area contributed by atoms with Gasteiger partial charge in [0.05, 0.1) is 19.6 Å². The molecule has 110 valence electrons. The predicted octanol–water partition coefficient (Wildman–Crippen LogP) is 1.91. The van der Waals surface area contributed by atoms with E-state index >= 15 is 0 Å².